The van der Waals surface area contributed by atoms with Crippen LogP contribution in [0.25, 0.3) is 0 Å². The van der Waals surface area contributed by atoms with Gasteiger partial charge in [-0.1, -0.05) is 23.7 Å². The minimum Gasteiger partial charge on any atom is -0.497 e. The number of amides is 1. The number of nitrogens with zero attached hydrogens (tertiary/aromatic N) is 2. The van der Waals surface area contributed by atoms with Gasteiger partial charge in [0.05, 0.1) is 22.6 Å². The van der Waals surface area contributed by atoms with Gasteiger partial charge in [0.15, 0.2) is 0 Å². The van der Waals surface area contributed by atoms with E-state index in [1.54, 1.807) is 53.4 Å². The molecule has 0 aliphatic carbocycles. The number of benzene rings is 3. The molecule has 0 atom stereocenters. The molecule has 3 aromatic rings. The van der Waals surface area contributed by atoms with Crippen molar-refractivity contribution in [3.63, 3.8) is 0 Å². The minimum atomic E-state index is -3.82. The van der Waals surface area contributed by atoms with Crippen LogP contribution in [0.15, 0.2) is 71.6 Å². The van der Waals surface area contributed by atoms with E-state index in [0.717, 1.165) is 11.3 Å². The average Bonchev–Trinajstić information content (AvgIpc) is 2.82. The van der Waals surface area contributed by atoms with Crippen LogP contribution >= 0.6 is 11.6 Å². The Morgan fingerprint density at radius 1 is 1.03 bits per heavy atom. The Kier molecular flexibility index (Phi) is 8.30. The summed E-state index contributed by atoms with van der Waals surface area (Å²) in [5.41, 5.74) is 2.48. The summed E-state index contributed by atoms with van der Waals surface area (Å²) in [6.45, 7) is 4.13. The summed E-state index contributed by atoms with van der Waals surface area (Å²) in [6, 6.07) is 18.3. The van der Waals surface area contributed by atoms with Crippen LogP contribution in [0.1, 0.15) is 29.8 Å². The quantitative estimate of drug-likeness (QED) is 0.420. The molecule has 0 fully saturated rings. The van der Waals surface area contributed by atoms with Crippen molar-refractivity contribution in [1.82, 2.24) is 4.90 Å². The van der Waals surface area contributed by atoms with Crippen molar-refractivity contribution in [2.24, 2.45) is 0 Å². The highest BCUT2D eigenvalue weighted by Crippen LogP contribution is 2.28. The van der Waals surface area contributed by atoms with Gasteiger partial charge in [-0.25, -0.2) is 8.42 Å². The first-order valence-corrected chi connectivity index (χ1v) is 12.9. The van der Waals surface area contributed by atoms with Gasteiger partial charge in [0.25, 0.3) is 15.9 Å². The van der Waals surface area contributed by atoms with Gasteiger partial charge in [-0.2, -0.15) is 0 Å². The summed E-state index contributed by atoms with van der Waals surface area (Å²) < 4.78 is 33.6. The standard InChI is InChI=1S/C26H30ClN3O4S/c1-18(2)30(26(31)23-8-6-7-9-24(23)27)17-19-16-20(10-15-25(19)29(3)4)28-35(32,33)22-13-11-21(34-5)12-14-22/h6-16,18,28H,17H2,1-5H3. The Bertz CT molecular complexity index is 1290. The topological polar surface area (TPSA) is 79.0 Å². The summed E-state index contributed by atoms with van der Waals surface area (Å²) in [5, 5.41) is 0.386. The van der Waals surface area contributed by atoms with E-state index in [9.17, 15) is 13.2 Å². The van der Waals surface area contributed by atoms with Gasteiger partial charge < -0.3 is 14.5 Å². The fourth-order valence-electron chi connectivity index (χ4n) is 3.64. The van der Waals surface area contributed by atoms with E-state index in [4.69, 9.17) is 16.3 Å². The SMILES string of the molecule is COc1ccc(S(=O)(=O)Nc2ccc(N(C)C)c(CN(C(=O)c3ccccc3Cl)C(C)C)c2)cc1. The zero-order chi connectivity index (χ0) is 25.8. The van der Waals surface area contributed by atoms with Gasteiger partial charge in [-0.05, 0) is 74.0 Å². The zero-order valence-electron chi connectivity index (χ0n) is 20.4. The van der Waals surface area contributed by atoms with Gasteiger partial charge in [-0.3, -0.25) is 9.52 Å². The molecule has 0 saturated carbocycles. The van der Waals surface area contributed by atoms with Crippen molar-refractivity contribution >= 4 is 38.9 Å². The van der Waals surface area contributed by atoms with Crippen LogP contribution in [0.3, 0.4) is 0 Å². The van der Waals surface area contributed by atoms with Crippen LogP contribution in [0, 0.1) is 0 Å². The van der Waals surface area contributed by atoms with Crippen molar-refractivity contribution in [2.75, 3.05) is 30.8 Å². The second-order valence-corrected chi connectivity index (χ2v) is 10.6. The summed E-state index contributed by atoms with van der Waals surface area (Å²) in [4.78, 5) is 17.1. The van der Waals surface area contributed by atoms with Crippen LogP contribution in [-0.2, 0) is 16.6 Å². The number of hydrogen-bond acceptors (Lipinski definition) is 5. The Morgan fingerprint density at radius 3 is 2.26 bits per heavy atom. The smallest absolute Gasteiger partial charge is 0.261 e. The van der Waals surface area contributed by atoms with Crippen molar-refractivity contribution in [2.45, 2.75) is 31.3 Å². The van der Waals surface area contributed by atoms with Crippen LogP contribution in [0.2, 0.25) is 5.02 Å². The fourth-order valence-corrected chi connectivity index (χ4v) is 4.91. The van der Waals surface area contributed by atoms with Gasteiger partial charge >= 0.3 is 0 Å². The van der Waals surface area contributed by atoms with Crippen LogP contribution < -0.4 is 14.4 Å². The lowest BCUT2D eigenvalue weighted by atomic mass is 10.1. The number of carbonyl (C=O) groups is 1. The number of methoxy groups -OCH3 is 1. The van der Waals surface area contributed by atoms with E-state index >= 15 is 0 Å². The third kappa shape index (κ3) is 6.26. The predicted molar refractivity (Wildman–Crippen MR) is 141 cm³/mol. The zero-order valence-corrected chi connectivity index (χ0v) is 22.0. The molecule has 0 spiro atoms. The lowest BCUT2D eigenvalue weighted by Gasteiger charge is -2.29. The molecule has 0 heterocycles. The molecule has 0 aromatic heterocycles. The van der Waals surface area contributed by atoms with Crippen molar-refractivity contribution in [3.05, 3.63) is 82.9 Å². The molecule has 9 heteroatoms. The highest BCUT2D eigenvalue weighted by Gasteiger charge is 2.23. The molecular weight excluding hydrogens is 486 g/mol. The number of nitrogens with one attached hydrogen (secondary N) is 1. The number of hydrogen-bond donors (Lipinski definition) is 1. The molecule has 0 radical (unpaired) electrons. The summed E-state index contributed by atoms with van der Waals surface area (Å²) >= 11 is 6.29. The highest BCUT2D eigenvalue weighted by molar-refractivity contribution is 7.92. The van der Waals surface area contributed by atoms with Crippen LogP contribution in [0.4, 0.5) is 11.4 Å². The molecular formula is C26H30ClN3O4S. The molecule has 0 saturated heterocycles. The second kappa shape index (κ2) is 11.0. The van der Waals surface area contributed by atoms with E-state index in [0.29, 0.717) is 22.0 Å². The number of ether oxygens (including phenoxy) is 1. The third-order valence-electron chi connectivity index (χ3n) is 5.51. The maximum Gasteiger partial charge on any atom is 0.261 e. The largest absolute Gasteiger partial charge is 0.497 e. The van der Waals surface area contributed by atoms with Gasteiger partial charge in [0.1, 0.15) is 5.75 Å². The predicted octanol–water partition coefficient (Wildman–Crippen LogP) is 5.27. The minimum absolute atomic E-state index is 0.117. The molecule has 3 aromatic carbocycles. The first kappa shape index (κ1) is 26.4. The lowest BCUT2D eigenvalue weighted by molar-refractivity contribution is 0.0691. The third-order valence-corrected chi connectivity index (χ3v) is 7.24. The second-order valence-electron chi connectivity index (χ2n) is 8.53. The van der Waals surface area contributed by atoms with E-state index < -0.39 is 10.0 Å². The molecule has 3 rings (SSSR count). The Labute approximate surface area is 212 Å². The molecule has 7 nitrogen and oxygen atoms in total. The summed E-state index contributed by atoms with van der Waals surface area (Å²) in [6.07, 6.45) is 0. The van der Waals surface area contributed by atoms with Gasteiger partial charge in [0, 0.05) is 38.1 Å². The van der Waals surface area contributed by atoms with Crippen LogP contribution in [-0.4, -0.2) is 46.5 Å². The van der Waals surface area contributed by atoms with Crippen molar-refractivity contribution in [1.29, 1.82) is 0 Å². The number of carbonyl (C=O) groups excluding carboxylic acids is 1. The first-order chi connectivity index (χ1) is 16.5. The Hall–Kier alpha value is -3.23. The number of sulfonamides is 1. The molecule has 0 bridgehead atoms. The molecule has 0 aliphatic rings. The van der Waals surface area contributed by atoms with Crippen LogP contribution in [0.5, 0.6) is 5.75 Å². The van der Waals surface area contributed by atoms with E-state index in [1.807, 2.05) is 38.9 Å². The molecule has 0 aliphatic heterocycles. The van der Waals surface area contributed by atoms with Crippen molar-refractivity contribution in [3.8, 4) is 5.75 Å². The fraction of sp³-hybridized carbons (Fsp3) is 0.269. The van der Waals surface area contributed by atoms with Gasteiger partial charge in [0.2, 0.25) is 0 Å². The number of anilines is 2. The van der Waals surface area contributed by atoms with E-state index in [1.165, 1.54) is 19.2 Å². The van der Waals surface area contributed by atoms with E-state index in [2.05, 4.69) is 4.72 Å². The highest BCUT2D eigenvalue weighted by atomic mass is 35.5. The number of rotatable bonds is 9. The average molecular weight is 516 g/mol. The molecule has 1 N–H and O–H groups in total. The molecule has 0 unspecified atom stereocenters. The van der Waals surface area contributed by atoms with E-state index in [-0.39, 0.29) is 23.4 Å². The maximum atomic E-state index is 13.3. The lowest BCUT2D eigenvalue weighted by Crippen LogP contribution is -2.37. The summed E-state index contributed by atoms with van der Waals surface area (Å²) in [7, 11) is 1.50. The number of halogens is 1. The Morgan fingerprint density at radius 2 is 1.69 bits per heavy atom. The molecule has 35 heavy (non-hydrogen) atoms. The Balaban J connectivity index is 1.94. The normalized spacial score (nSPS) is 11.3. The summed E-state index contributed by atoms with van der Waals surface area (Å²) in [5.74, 6) is 0.373. The van der Waals surface area contributed by atoms with Gasteiger partial charge in [-0.15, -0.1) is 0 Å². The molecule has 1 amide bonds. The monoisotopic (exact) mass is 515 g/mol. The first-order valence-electron chi connectivity index (χ1n) is 11.1. The maximum absolute atomic E-state index is 13.3. The molecule has 186 valence electrons. The van der Waals surface area contributed by atoms with Crippen molar-refractivity contribution < 1.29 is 17.9 Å².